The first-order valence-electron chi connectivity index (χ1n) is 6.27. The van der Waals surface area contributed by atoms with Crippen molar-refractivity contribution < 1.29 is 27.5 Å². The third-order valence-electron chi connectivity index (χ3n) is 2.93. The van der Waals surface area contributed by atoms with Crippen molar-refractivity contribution in [1.82, 2.24) is 10.2 Å². The molecule has 2 amide bonds. The Morgan fingerprint density at radius 1 is 1.19 bits per heavy atom. The Balaban J connectivity index is 2.04. The summed E-state index contributed by atoms with van der Waals surface area (Å²) < 4.78 is 39.8. The van der Waals surface area contributed by atoms with Gasteiger partial charge in [0.25, 0.3) is 5.91 Å². The molecule has 0 bridgehead atoms. The van der Waals surface area contributed by atoms with Crippen LogP contribution in [0.3, 0.4) is 0 Å². The minimum atomic E-state index is -4.76. The second-order valence-electron chi connectivity index (χ2n) is 4.46. The van der Waals surface area contributed by atoms with Crippen LogP contribution in [0.5, 0.6) is 5.75 Å². The predicted octanol–water partition coefficient (Wildman–Crippen LogP) is 1.55. The maximum atomic E-state index is 12.2. The van der Waals surface area contributed by atoms with E-state index < -0.39 is 6.36 Å². The first-order chi connectivity index (χ1) is 9.85. The van der Waals surface area contributed by atoms with Crippen LogP contribution in [0, 0.1) is 0 Å². The molecule has 1 aliphatic rings. The summed E-state index contributed by atoms with van der Waals surface area (Å²) in [6.07, 6.45) is -4.55. The van der Waals surface area contributed by atoms with E-state index in [-0.39, 0.29) is 36.1 Å². The number of alkyl halides is 3. The standard InChI is InChI=1S/C13H13F3N2O3/c14-13(15,16)21-10-3-1-9(2-4-10)12(20)18-7-5-11(19)17-6-8-18/h1-4H,5-8H2,(H,17,19). The van der Waals surface area contributed by atoms with Crippen molar-refractivity contribution in [2.24, 2.45) is 0 Å². The van der Waals surface area contributed by atoms with Gasteiger partial charge in [-0.1, -0.05) is 0 Å². The van der Waals surface area contributed by atoms with Crippen molar-refractivity contribution in [1.29, 1.82) is 0 Å². The molecule has 8 heteroatoms. The summed E-state index contributed by atoms with van der Waals surface area (Å²) in [7, 11) is 0. The third kappa shape index (κ3) is 4.37. The van der Waals surface area contributed by atoms with Crippen LogP contribution in [0.15, 0.2) is 24.3 Å². The van der Waals surface area contributed by atoms with Gasteiger partial charge in [-0.25, -0.2) is 0 Å². The van der Waals surface area contributed by atoms with Crippen LogP contribution in [-0.4, -0.2) is 42.7 Å². The number of halogens is 3. The Hall–Kier alpha value is -2.25. The molecule has 2 rings (SSSR count). The summed E-state index contributed by atoms with van der Waals surface area (Å²) in [4.78, 5) is 24.9. The van der Waals surface area contributed by atoms with E-state index in [2.05, 4.69) is 10.1 Å². The summed E-state index contributed by atoms with van der Waals surface area (Å²) in [5.74, 6) is -0.837. The summed E-state index contributed by atoms with van der Waals surface area (Å²) in [5.41, 5.74) is 0.249. The van der Waals surface area contributed by atoms with Crippen LogP contribution >= 0.6 is 0 Å². The van der Waals surface area contributed by atoms with Crippen LogP contribution < -0.4 is 10.1 Å². The Labute approximate surface area is 118 Å². The number of hydrogen-bond acceptors (Lipinski definition) is 3. The van der Waals surface area contributed by atoms with Gasteiger partial charge < -0.3 is 15.0 Å². The van der Waals surface area contributed by atoms with E-state index in [1.54, 1.807) is 0 Å². The predicted molar refractivity (Wildman–Crippen MR) is 66.7 cm³/mol. The first-order valence-corrected chi connectivity index (χ1v) is 6.27. The molecule has 0 saturated carbocycles. The van der Waals surface area contributed by atoms with E-state index in [4.69, 9.17) is 0 Å². The third-order valence-corrected chi connectivity index (χ3v) is 2.93. The highest BCUT2D eigenvalue weighted by molar-refractivity contribution is 5.94. The van der Waals surface area contributed by atoms with Crippen LogP contribution in [0.25, 0.3) is 0 Å². The van der Waals surface area contributed by atoms with Gasteiger partial charge in [0, 0.05) is 31.6 Å². The van der Waals surface area contributed by atoms with Gasteiger partial charge in [0.15, 0.2) is 0 Å². The molecule has 0 unspecified atom stereocenters. The Morgan fingerprint density at radius 2 is 1.86 bits per heavy atom. The molecule has 1 saturated heterocycles. The van der Waals surface area contributed by atoms with Crippen molar-refractivity contribution in [2.75, 3.05) is 19.6 Å². The average molecular weight is 302 g/mol. The highest BCUT2D eigenvalue weighted by Gasteiger charge is 2.31. The molecule has 0 radical (unpaired) electrons. The van der Waals surface area contributed by atoms with Gasteiger partial charge in [0.1, 0.15) is 5.75 Å². The average Bonchev–Trinajstić information content (AvgIpc) is 2.62. The van der Waals surface area contributed by atoms with E-state index in [1.165, 1.54) is 17.0 Å². The molecular formula is C13H13F3N2O3. The molecule has 1 fully saturated rings. The minimum Gasteiger partial charge on any atom is -0.406 e. The lowest BCUT2D eigenvalue weighted by Gasteiger charge is -2.19. The highest BCUT2D eigenvalue weighted by Crippen LogP contribution is 2.23. The molecular weight excluding hydrogens is 289 g/mol. The number of ether oxygens (including phenoxy) is 1. The largest absolute Gasteiger partial charge is 0.573 e. The zero-order chi connectivity index (χ0) is 15.5. The SMILES string of the molecule is O=C1CCN(C(=O)c2ccc(OC(F)(F)F)cc2)CCN1. The molecule has 1 N–H and O–H groups in total. The van der Waals surface area contributed by atoms with E-state index in [0.29, 0.717) is 13.1 Å². The number of carbonyl (C=O) groups is 2. The van der Waals surface area contributed by atoms with Gasteiger partial charge >= 0.3 is 6.36 Å². The van der Waals surface area contributed by atoms with Gasteiger partial charge in [-0.3, -0.25) is 9.59 Å². The maximum Gasteiger partial charge on any atom is 0.573 e. The smallest absolute Gasteiger partial charge is 0.406 e. The zero-order valence-corrected chi connectivity index (χ0v) is 10.9. The van der Waals surface area contributed by atoms with Crippen molar-refractivity contribution >= 4 is 11.8 Å². The lowest BCUT2D eigenvalue weighted by atomic mass is 10.2. The lowest BCUT2D eigenvalue weighted by molar-refractivity contribution is -0.274. The summed E-state index contributed by atoms with van der Waals surface area (Å²) in [6, 6.07) is 4.71. The van der Waals surface area contributed by atoms with Crippen LogP contribution in [0.1, 0.15) is 16.8 Å². The van der Waals surface area contributed by atoms with Gasteiger partial charge in [-0.2, -0.15) is 0 Å². The number of carbonyl (C=O) groups excluding carboxylic acids is 2. The van der Waals surface area contributed by atoms with E-state index >= 15 is 0 Å². The quantitative estimate of drug-likeness (QED) is 0.901. The fraction of sp³-hybridized carbons (Fsp3) is 0.385. The van der Waals surface area contributed by atoms with Gasteiger partial charge in [-0.05, 0) is 24.3 Å². The molecule has 0 aliphatic carbocycles. The second-order valence-corrected chi connectivity index (χ2v) is 4.46. The van der Waals surface area contributed by atoms with E-state index in [0.717, 1.165) is 12.1 Å². The van der Waals surface area contributed by atoms with Gasteiger partial charge in [0.05, 0.1) is 0 Å². The molecule has 1 aromatic carbocycles. The molecule has 5 nitrogen and oxygen atoms in total. The second kappa shape index (κ2) is 6.02. The van der Waals surface area contributed by atoms with Crippen molar-refractivity contribution in [2.45, 2.75) is 12.8 Å². The van der Waals surface area contributed by atoms with E-state index in [9.17, 15) is 22.8 Å². The molecule has 1 aliphatic heterocycles. The zero-order valence-electron chi connectivity index (χ0n) is 10.9. The molecule has 0 spiro atoms. The summed E-state index contributed by atoms with van der Waals surface area (Å²) in [5, 5.41) is 2.64. The molecule has 114 valence electrons. The monoisotopic (exact) mass is 302 g/mol. The maximum absolute atomic E-state index is 12.2. The van der Waals surface area contributed by atoms with Crippen molar-refractivity contribution in [3.05, 3.63) is 29.8 Å². The molecule has 0 atom stereocenters. The summed E-state index contributed by atoms with van der Waals surface area (Å²) >= 11 is 0. The molecule has 21 heavy (non-hydrogen) atoms. The molecule has 1 aromatic rings. The van der Waals surface area contributed by atoms with Crippen molar-refractivity contribution in [3.8, 4) is 5.75 Å². The Bertz CT molecular complexity index is 528. The van der Waals surface area contributed by atoms with Crippen molar-refractivity contribution in [3.63, 3.8) is 0 Å². The fourth-order valence-electron chi connectivity index (χ4n) is 1.95. The number of hydrogen-bond donors (Lipinski definition) is 1. The van der Waals surface area contributed by atoms with Gasteiger partial charge in [0.2, 0.25) is 5.91 Å². The van der Waals surface area contributed by atoms with Crippen LogP contribution in [0.4, 0.5) is 13.2 Å². The number of nitrogens with one attached hydrogen (secondary N) is 1. The number of amides is 2. The van der Waals surface area contributed by atoms with Gasteiger partial charge in [-0.15, -0.1) is 13.2 Å². The highest BCUT2D eigenvalue weighted by atomic mass is 19.4. The molecule has 0 aromatic heterocycles. The Morgan fingerprint density at radius 3 is 2.48 bits per heavy atom. The number of rotatable bonds is 2. The number of benzene rings is 1. The van der Waals surface area contributed by atoms with Crippen LogP contribution in [0.2, 0.25) is 0 Å². The lowest BCUT2D eigenvalue weighted by Crippen LogP contribution is -2.34. The fourth-order valence-corrected chi connectivity index (χ4v) is 1.95. The Kier molecular flexibility index (Phi) is 4.35. The van der Waals surface area contributed by atoms with Crippen LogP contribution in [-0.2, 0) is 4.79 Å². The normalized spacial score (nSPS) is 16.1. The first kappa shape index (κ1) is 15.1. The summed E-state index contributed by atoms with van der Waals surface area (Å²) in [6.45, 7) is 1.01. The number of nitrogens with zero attached hydrogens (tertiary/aromatic N) is 1. The minimum absolute atomic E-state index is 0.126. The van der Waals surface area contributed by atoms with E-state index in [1.807, 2.05) is 0 Å². The molecule has 1 heterocycles. The topological polar surface area (TPSA) is 58.6 Å².